The summed E-state index contributed by atoms with van der Waals surface area (Å²) in [7, 11) is 3.35. The van der Waals surface area contributed by atoms with E-state index in [0.29, 0.717) is 18.7 Å². The summed E-state index contributed by atoms with van der Waals surface area (Å²) in [5, 5.41) is 13.8. The number of phenols is 1. The lowest BCUT2D eigenvalue weighted by Gasteiger charge is -2.42. The Morgan fingerprint density at radius 2 is 2.15 bits per heavy atom. The monoisotopic (exact) mass is 340 g/mol. The van der Waals surface area contributed by atoms with Gasteiger partial charge >= 0.3 is 0 Å². The van der Waals surface area contributed by atoms with Gasteiger partial charge in [0.15, 0.2) is 11.5 Å². The van der Waals surface area contributed by atoms with E-state index in [1.54, 1.807) is 19.1 Å². The molecular formula is C14H17BrN2O3. The van der Waals surface area contributed by atoms with Crippen LogP contribution in [0.1, 0.15) is 22.7 Å². The molecule has 0 aromatic heterocycles. The van der Waals surface area contributed by atoms with Gasteiger partial charge in [-0.3, -0.25) is 10.1 Å². The molecule has 1 aromatic carbocycles. The van der Waals surface area contributed by atoms with Crippen molar-refractivity contribution < 1.29 is 14.6 Å². The predicted molar refractivity (Wildman–Crippen MR) is 78.1 cm³/mol. The first-order chi connectivity index (χ1) is 9.45. The lowest BCUT2D eigenvalue weighted by molar-refractivity contribution is -0.135. The third kappa shape index (κ3) is 1.74. The van der Waals surface area contributed by atoms with Gasteiger partial charge in [-0.05, 0) is 18.9 Å². The molecule has 0 unspecified atom stereocenters. The number of benzene rings is 1. The Kier molecular flexibility index (Phi) is 3.17. The lowest BCUT2D eigenvalue weighted by Crippen LogP contribution is -2.58. The fourth-order valence-corrected chi connectivity index (χ4v) is 3.79. The Balaban J connectivity index is 2.21. The smallest absolute Gasteiger partial charge is 0.239 e. The van der Waals surface area contributed by atoms with Crippen molar-refractivity contribution in [2.24, 2.45) is 0 Å². The number of hydrogen-bond donors (Lipinski definition) is 2. The number of methoxy groups -OCH3 is 1. The second-order valence-electron chi connectivity index (χ2n) is 5.41. The topological polar surface area (TPSA) is 61.8 Å². The first kappa shape index (κ1) is 13.7. The molecule has 1 aromatic rings. The molecule has 5 nitrogen and oxygen atoms in total. The van der Waals surface area contributed by atoms with Crippen LogP contribution in [0.3, 0.4) is 0 Å². The van der Waals surface area contributed by atoms with E-state index < -0.39 is 0 Å². The highest BCUT2D eigenvalue weighted by molar-refractivity contribution is 9.10. The number of aromatic hydroxyl groups is 1. The standard InChI is InChI=1S/C14H17BrN2O3/c1-6-11(15)7-4-8-14(19)17(2)5-9(16-8)10(7)12(18)13(6)20-3/h8-9,16,18H,4-5H2,1-3H3/t8-,9-/m0/s1. The first-order valence-corrected chi connectivity index (χ1v) is 7.33. The van der Waals surface area contributed by atoms with Gasteiger partial charge in [0.1, 0.15) is 0 Å². The van der Waals surface area contributed by atoms with Crippen LogP contribution in [0.25, 0.3) is 0 Å². The van der Waals surface area contributed by atoms with Gasteiger partial charge in [0.2, 0.25) is 5.91 Å². The predicted octanol–water partition coefficient (Wildman–Crippen LogP) is 1.50. The maximum atomic E-state index is 12.1. The van der Waals surface area contributed by atoms with Gasteiger partial charge in [-0.2, -0.15) is 0 Å². The normalized spacial score (nSPS) is 24.6. The highest BCUT2D eigenvalue weighted by atomic mass is 79.9. The highest BCUT2D eigenvalue weighted by Gasteiger charge is 2.41. The third-order valence-electron chi connectivity index (χ3n) is 4.22. The number of nitrogens with one attached hydrogen (secondary N) is 1. The molecule has 2 bridgehead atoms. The molecule has 2 atom stereocenters. The molecule has 1 saturated heterocycles. The summed E-state index contributed by atoms with van der Waals surface area (Å²) in [6, 6.07) is -0.271. The molecule has 1 fully saturated rings. The molecule has 6 heteroatoms. The van der Waals surface area contributed by atoms with Crippen molar-refractivity contribution in [1.29, 1.82) is 0 Å². The molecule has 108 valence electrons. The Morgan fingerprint density at radius 3 is 2.80 bits per heavy atom. The van der Waals surface area contributed by atoms with Gasteiger partial charge in [-0.1, -0.05) is 15.9 Å². The van der Waals surface area contributed by atoms with Crippen LogP contribution in [0.5, 0.6) is 11.5 Å². The Labute approximate surface area is 126 Å². The van der Waals surface area contributed by atoms with Crippen LogP contribution in [-0.2, 0) is 11.2 Å². The number of carbonyl (C=O) groups is 1. The summed E-state index contributed by atoms with van der Waals surface area (Å²) in [4.78, 5) is 13.8. The van der Waals surface area contributed by atoms with Crippen LogP contribution in [0.4, 0.5) is 0 Å². The number of carbonyl (C=O) groups excluding carboxylic acids is 1. The van der Waals surface area contributed by atoms with E-state index in [4.69, 9.17) is 4.74 Å². The van der Waals surface area contributed by atoms with Crippen LogP contribution < -0.4 is 10.1 Å². The maximum Gasteiger partial charge on any atom is 0.239 e. The number of ether oxygens (including phenoxy) is 1. The molecular weight excluding hydrogens is 324 g/mol. The van der Waals surface area contributed by atoms with Crippen molar-refractivity contribution in [1.82, 2.24) is 10.2 Å². The molecule has 2 aliphatic rings. The molecule has 0 radical (unpaired) electrons. The zero-order chi connectivity index (χ0) is 14.6. The fourth-order valence-electron chi connectivity index (χ4n) is 3.23. The number of rotatable bonds is 1. The average molecular weight is 341 g/mol. The molecule has 2 N–H and O–H groups in total. The largest absolute Gasteiger partial charge is 0.504 e. The van der Waals surface area contributed by atoms with Crippen LogP contribution >= 0.6 is 15.9 Å². The number of fused-ring (bicyclic) bond motifs is 4. The van der Waals surface area contributed by atoms with E-state index in [0.717, 1.165) is 21.2 Å². The van der Waals surface area contributed by atoms with Crippen molar-refractivity contribution in [3.8, 4) is 11.5 Å². The maximum absolute atomic E-state index is 12.1. The van der Waals surface area contributed by atoms with Crippen molar-refractivity contribution in [3.05, 3.63) is 21.2 Å². The van der Waals surface area contributed by atoms with Crippen LogP contribution in [0.15, 0.2) is 4.47 Å². The summed E-state index contributed by atoms with van der Waals surface area (Å²) in [6.45, 7) is 2.45. The molecule has 1 amide bonds. The van der Waals surface area contributed by atoms with Crippen LogP contribution in [0, 0.1) is 6.92 Å². The number of amides is 1. The van der Waals surface area contributed by atoms with Crippen molar-refractivity contribution >= 4 is 21.8 Å². The summed E-state index contributed by atoms with van der Waals surface area (Å²) in [5.74, 6) is 0.782. The van der Waals surface area contributed by atoms with E-state index in [9.17, 15) is 9.90 Å². The van der Waals surface area contributed by atoms with E-state index in [1.807, 2.05) is 6.92 Å². The summed E-state index contributed by atoms with van der Waals surface area (Å²) >= 11 is 3.59. The second-order valence-corrected chi connectivity index (χ2v) is 6.20. The van der Waals surface area contributed by atoms with Crippen molar-refractivity contribution in [2.45, 2.75) is 25.4 Å². The van der Waals surface area contributed by atoms with Crippen LogP contribution in [-0.4, -0.2) is 42.7 Å². The van der Waals surface area contributed by atoms with Gasteiger partial charge in [-0.15, -0.1) is 0 Å². The zero-order valence-corrected chi connectivity index (χ0v) is 13.2. The molecule has 20 heavy (non-hydrogen) atoms. The highest BCUT2D eigenvalue weighted by Crippen LogP contribution is 2.47. The Bertz CT molecular complexity index is 603. The van der Waals surface area contributed by atoms with Gasteiger partial charge < -0.3 is 14.7 Å². The van der Waals surface area contributed by atoms with Gasteiger partial charge in [-0.25, -0.2) is 0 Å². The number of likely N-dealkylation sites (N-methyl/N-ethyl adjacent to an activating group) is 1. The summed E-state index contributed by atoms with van der Waals surface area (Å²) < 4.78 is 6.25. The minimum absolute atomic E-state index is 0.0581. The molecule has 0 aliphatic carbocycles. The number of piperazine rings is 1. The quantitative estimate of drug-likeness (QED) is 0.813. The van der Waals surface area contributed by atoms with Gasteiger partial charge in [0, 0.05) is 29.2 Å². The molecule has 2 heterocycles. The van der Waals surface area contributed by atoms with E-state index in [1.165, 1.54) is 0 Å². The molecule has 0 saturated carbocycles. The second kappa shape index (κ2) is 4.63. The van der Waals surface area contributed by atoms with Gasteiger partial charge in [0.05, 0.1) is 19.2 Å². The van der Waals surface area contributed by atoms with Crippen molar-refractivity contribution in [2.75, 3.05) is 20.7 Å². The molecule has 0 spiro atoms. The summed E-state index contributed by atoms with van der Waals surface area (Å²) in [6.07, 6.45) is 0.577. The third-order valence-corrected chi connectivity index (χ3v) is 5.30. The van der Waals surface area contributed by atoms with Gasteiger partial charge in [0.25, 0.3) is 0 Å². The van der Waals surface area contributed by atoms with Crippen molar-refractivity contribution in [3.63, 3.8) is 0 Å². The number of phenolic OH excluding ortho intramolecular Hbond substituents is 1. The summed E-state index contributed by atoms with van der Waals surface area (Å²) in [5.41, 5.74) is 2.72. The van der Waals surface area contributed by atoms with E-state index >= 15 is 0 Å². The van der Waals surface area contributed by atoms with Crippen LogP contribution in [0.2, 0.25) is 0 Å². The van der Waals surface area contributed by atoms with E-state index in [-0.39, 0.29) is 23.7 Å². The van der Waals surface area contributed by atoms with E-state index in [2.05, 4.69) is 21.2 Å². The first-order valence-electron chi connectivity index (χ1n) is 6.54. The molecule has 3 rings (SSSR count). The Hall–Kier alpha value is -1.27. The average Bonchev–Trinajstić information content (AvgIpc) is 2.42. The Morgan fingerprint density at radius 1 is 1.45 bits per heavy atom. The number of halogens is 1. The SMILES string of the molecule is COc1c(C)c(Br)c2c(c1O)[C@@H]1CN(C)C(=O)[C@H](C2)N1. The molecule has 2 aliphatic heterocycles. The number of nitrogens with zero attached hydrogens (tertiary/aromatic N) is 1. The minimum Gasteiger partial charge on any atom is -0.504 e. The zero-order valence-electron chi connectivity index (χ0n) is 11.7. The lowest BCUT2D eigenvalue weighted by atomic mass is 9.85. The fraction of sp³-hybridized carbons (Fsp3) is 0.500. The number of hydrogen-bond acceptors (Lipinski definition) is 4. The minimum atomic E-state index is -0.213.